The van der Waals surface area contributed by atoms with E-state index >= 15 is 0 Å². The molecule has 1 aromatic rings. The molecule has 1 N–H and O–H groups in total. The van der Waals surface area contributed by atoms with Gasteiger partial charge in [0, 0.05) is 14.5 Å². The first-order valence-corrected chi connectivity index (χ1v) is 5.03. The van der Waals surface area contributed by atoms with Gasteiger partial charge in [0.15, 0.2) is 5.78 Å². The number of nitrogens with one attached hydrogen (secondary N) is 1. The predicted molar refractivity (Wildman–Crippen MR) is 54.7 cm³/mol. The van der Waals surface area contributed by atoms with Gasteiger partial charge in [-0.2, -0.15) is 0 Å². The summed E-state index contributed by atoms with van der Waals surface area (Å²) in [6.07, 6.45) is 0. The van der Waals surface area contributed by atoms with Crippen molar-refractivity contribution in [2.45, 2.75) is 0 Å². The predicted octanol–water partition coefficient (Wildman–Crippen LogP) is 2.82. The summed E-state index contributed by atoms with van der Waals surface area (Å²) in [6, 6.07) is 3.76. The summed E-state index contributed by atoms with van der Waals surface area (Å²) in [5.74, 6) is 0.145. The summed E-state index contributed by atoms with van der Waals surface area (Å²) in [6.45, 7) is 0.407. The van der Waals surface area contributed by atoms with Crippen molar-refractivity contribution in [3.63, 3.8) is 0 Å². The van der Waals surface area contributed by atoms with Crippen LogP contribution < -0.4 is 5.32 Å². The number of carbonyl (C=O) groups is 1. The monoisotopic (exact) mass is 289 g/mol. The zero-order valence-corrected chi connectivity index (χ0v) is 9.20. The highest BCUT2D eigenvalue weighted by atomic mass is 79.9. The smallest absolute Gasteiger partial charge is 0.184 e. The Morgan fingerprint density at radius 2 is 2.08 bits per heavy atom. The van der Waals surface area contributed by atoms with E-state index in [4.69, 9.17) is 0 Å². The first-order chi connectivity index (χ1) is 5.68. The van der Waals surface area contributed by atoms with Crippen LogP contribution in [0.4, 0.5) is 5.69 Å². The van der Waals surface area contributed by atoms with Gasteiger partial charge in [-0.05, 0) is 28.1 Å². The van der Waals surface area contributed by atoms with Crippen LogP contribution in [-0.4, -0.2) is 12.3 Å². The third-order valence-electron chi connectivity index (χ3n) is 1.78. The van der Waals surface area contributed by atoms with E-state index in [2.05, 4.69) is 37.2 Å². The van der Waals surface area contributed by atoms with Crippen LogP contribution in [0, 0.1) is 0 Å². The molecule has 0 radical (unpaired) electrons. The highest BCUT2D eigenvalue weighted by Gasteiger charge is 2.21. The number of ketones is 1. The molecule has 12 heavy (non-hydrogen) atoms. The molecule has 0 unspecified atom stereocenters. The van der Waals surface area contributed by atoms with Gasteiger partial charge in [-0.3, -0.25) is 4.79 Å². The van der Waals surface area contributed by atoms with E-state index in [0.29, 0.717) is 6.54 Å². The van der Waals surface area contributed by atoms with Gasteiger partial charge in [0.25, 0.3) is 0 Å². The zero-order chi connectivity index (χ0) is 8.72. The number of rotatable bonds is 0. The van der Waals surface area contributed by atoms with Gasteiger partial charge in [-0.25, -0.2) is 0 Å². The van der Waals surface area contributed by atoms with Crippen molar-refractivity contribution in [3.05, 3.63) is 26.6 Å². The Hall–Kier alpha value is -0.350. The minimum Gasteiger partial charge on any atom is -0.376 e. The lowest BCUT2D eigenvalue weighted by atomic mass is 10.1. The van der Waals surface area contributed by atoms with E-state index in [-0.39, 0.29) is 5.78 Å². The molecule has 1 aromatic carbocycles. The van der Waals surface area contributed by atoms with Gasteiger partial charge < -0.3 is 5.32 Å². The molecular formula is C8H5Br2NO. The molecule has 0 atom stereocenters. The van der Waals surface area contributed by atoms with Crippen LogP contribution in [-0.2, 0) is 0 Å². The molecule has 4 heteroatoms. The van der Waals surface area contributed by atoms with E-state index in [1.54, 1.807) is 0 Å². The number of anilines is 1. The second-order valence-corrected chi connectivity index (χ2v) is 4.36. The van der Waals surface area contributed by atoms with E-state index in [1.165, 1.54) is 0 Å². The Morgan fingerprint density at radius 3 is 2.83 bits per heavy atom. The maximum Gasteiger partial charge on any atom is 0.184 e. The van der Waals surface area contributed by atoms with Crippen molar-refractivity contribution >= 4 is 43.3 Å². The van der Waals surface area contributed by atoms with Crippen molar-refractivity contribution in [1.29, 1.82) is 0 Å². The molecule has 2 rings (SSSR count). The summed E-state index contributed by atoms with van der Waals surface area (Å²) < 4.78 is 1.85. The number of halogens is 2. The van der Waals surface area contributed by atoms with Crippen molar-refractivity contribution in [2.75, 3.05) is 11.9 Å². The normalized spacial score (nSPS) is 14.3. The number of carbonyl (C=O) groups excluding carboxylic acids is 1. The molecule has 0 aromatic heterocycles. The first-order valence-electron chi connectivity index (χ1n) is 3.44. The van der Waals surface area contributed by atoms with Gasteiger partial charge in [0.1, 0.15) is 0 Å². The fraction of sp³-hybridized carbons (Fsp3) is 0.125. The highest BCUT2D eigenvalue weighted by molar-refractivity contribution is 9.11. The maximum absolute atomic E-state index is 11.3. The van der Waals surface area contributed by atoms with Crippen LogP contribution in [0.1, 0.15) is 10.4 Å². The average Bonchev–Trinajstić information content (AvgIpc) is 2.33. The summed E-state index contributed by atoms with van der Waals surface area (Å²) in [7, 11) is 0. The number of hydrogen-bond donors (Lipinski definition) is 1. The van der Waals surface area contributed by atoms with Crippen LogP contribution in [0.5, 0.6) is 0 Å². The Balaban J connectivity index is 2.68. The topological polar surface area (TPSA) is 29.1 Å². The minimum absolute atomic E-state index is 0.145. The lowest BCUT2D eigenvalue weighted by Crippen LogP contribution is -2.00. The fourth-order valence-corrected chi connectivity index (χ4v) is 2.60. The third kappa shape index (κ3) is 1.19. The van der Waals surface area contributed by atoms with Crippen LogP contribution in [0.25, 0.3) is 0 Å². The van der Waals surface area contributed by atoms with Gasteiger partial charge in [0.2, 0.25) is 0 Å². The average molecular weight is 291 g/mol. The Morgan fingerprint density at radius 1 is 1.33 bits per heavy atom. The molecule has 0 bridgehead atoms. The number of benzene rings is 1. The van der Waals surface area contributed by atoms with Crippen molar-refractivity contribution in [2.24, 2.45) is 0 Å². The van der Waals surface area contributed by atoms with Gasteiger partial charge in [-0.15, -0.1) is 0 Å². The molecule has 0 spiro atoms. The summed E-state index contributed by atoms with van der Waals surface area (Å²) in [5.41, 5.74) is 1.67. The second-order valence-electron chi connectivity index (χ2n) is 2.59. The number of hydrogen-bond acceptors (Lipinski definition) is 2. The third-order valence-corrected chi connectivity index (χ3v) is 2.86. The Kier molecular flexibility index (Phi) is 1.96. The van der Waals surface area contributed by atoms with Crippen LogP contribution in [0.2, 0.25) is 0 Å². The summed E-state index contributed by atoms with van der Waals surface area (Å²) >= 11 is 6.71. The summed E-state index contributed by atoms with van der Waals surface area (Å²) in [4.78, 5) is 11.3. The minimum atomic E-state index is 0.145. The molecular weight excluding hydrogens is 286 g/mol. The molecule has 0 saturated heterocycles. The van der Waals surface area contributed by atoms with E-state index in [0.717, 1.165) is 20.2 Å². The maximum atomic E-state index is 11.3. The summed E-state index contributed by atoms with van der Waals surface area (Å²) in [5, 5.41) is 3.03. The second kappa shape index (κ2) is 2.85. The van der Waals surface area contributed by atoms with Crippen molar-refractivity contribution < 1.29 is 4.79 Å². The molecule has 0 aliphatic carbocycles. The van der Waals surface area contributed by atoms with E-state index in [1.807, 2.05) is 12.1 Å². The van der Waals surface area contributed by atoms with Gasteiger partial charge in [0.05, 0.1) is 12.2 Å². The zero-order valence-electron chi connectivity index (χ0n) is 6.03. The lowest BCUT2D eigenvalue weighted by molar-refractivity contribution is 0.101. The fourth-order valence-electron chi connectivity index (χ4n) is 1.24. The number of Topliss-reactive ketones (excluding diaryl/α,β-unsaturated/α-hetero) is 1. The van der Waals surface area contributed by atoms with Crippen LogP contribution in [0.15, 0.2) is 21.1 Å². The molecule has 62 valence electrons. The molecule has 2 nitrogen and oxygen atoms in total. The molecule has 0 amide bonds. The molecule has 1 aliphatic rings. The van der Waals surface area contributed by atoms with Crippen molar-refractivity contribution in [1.82, 2.24) is 0 Å². The molecule has 1 aliphatic heterocycles. The van der Waals surface area contributed by atoms with Gasteiger partial charge in [-0.1, -0.05) is 15.9 Å². The molecule has 0 saturated carbocycles. The van der Waals surface area contributed by atoms with E-state index in [9.17, 15) is 4.79 Å². The van der Waals surface area contributed by atoms with Gasteiger partial charge >= 0.3 is 0 Å². The van der Waals surface area contributed by atoms with Crippen LogP contribution in [0.3, 0.4) is 0 Å². The van der Waals surface area contributed by atoms with Crippen molar-refractivity contribution in [3.8, 4) is 0 Å². The Labute approximate surface area is 86.6 Å². The van der Waals surface area contributed by atoms with E-state index < -0.39 is 0 Å². The molecule has 1 heterocycles. The Bertz CT molecular complexity index is 362. The quantitative estimate of drug-likeness (QED) is 0.796. The van der Waals surface area contributed by atoms with Crippen LogP contribution >= 0.6 is 31.9 Å². The highest BCUT2D eigenvalue weighted by Crippen LogP contribution is 2.33. The molecule has 0 fully saturated rings. The largest absolute Gasteiger partial charge is 0.376 e. The lowest BCUT2D eigenvalue weighted by Gasteiger charge is -2.01. The SMILES string of the molecule is O=C1CNc2c(Br)cc(Br)cc21. The standard InChI is InChI=1S/C8H5Br2NO/c9-4-1-5-7(12)3-11-8(5)6(10)2-4/h1-2,11H,3H2. The number of fused-ring (bicyclic) bond motifs is 1. The first kappa shape index (κ1) is 8.26.